The van der Waals surface area contributed by atoms with Gasteiger partial charge in [0.05, 0.1) is 35.0 Å². The van der Waals surface area contributed by atoms with Gasteiger partial charge in [-0.05, 0) is 37.6 Å². The number of imidazole rings is 1. The van der Waals surface area contributed by atoms with E-state index in [-0.39, 0.29) is 0 Å². The highest BCUT2D eigenvalue weighted by Crippen LogP contribution is 2.38. The summed E-state index contributed by atoms with van der Waals surface area (Å²) in [7, 11) is 0. The highest BCUT2D eigenvalue weighted by molar-refractivity contribution is 5.88. The fraction of sp³-hybridized carbons (Fsp3) is 0.222. The first-order valence-electron chi connectivity index (χ1n) is 11.0. The number of para-hydroxylation sites is 3. The zero-order chi connectivity index (χ0) is 22.1. The number of ether oxygens (including phenoxy) is 1. The summed E-state index contributed by atoms with van der Waals surface area (Å²) in [5.74, 6) is 1.86. The number of fused-ring (bicyclic) bond motifs is 3. The Balaban J connectivity index is 1.60. The standard InChI is InChI=1S/C27H24N4O/c1-3-8-26-30-22-10-5-6-11-24(22)31(26)16-19-13-14-20-23(29-19)17-32-25-12-7-4-9-21(25)27(20)18(2)15-28/h4-7,9-14H,3,8,16-17H2,1-2H3. The number of rotatable bonds is 4. The van der Waals surface area contributed by atoms with Gasteiger partial charge in [0, 0.05) is 28.7 Å². The van der Waals surface area contributed by atoms with E-state index in [1.807, 2.05) is 43.3 Å². The Morgan fingerprint density at radius 3 is 2.69 bits per heavy atom. The van der Waals surface area contributed by atoms with Gasteiger partial charge in [-0.15, -0.1) is 0 Å². The average molecular weight is 421 g/mol. The number of hydrogen-bond donors (Lipinski definition) is 0. The molecule has 5 rings (SSSR count). The van der Waals surface area contributed by atoms with Gasteiger partial charge in [0.2, 0.25) is 0 Å². The normalized spacial score (nSPS) is 14.2. The Labute approximate surface area is 187 Å². The van der Waals surface area contributed by atoms with E-state index in [0.29, 0.717) is 18.7 Å². The predicted molar refractivity (Wildman–Crippen MR) is 125 cm³/mol. The number of aryl methyl sites for hydroxylation is 1. The fourth-order valence-corrected chi connectivity index (χ4v) is 4.40. The lowest BCUT2D eigenvalue weighted by molar-refractivity contribution is 0.302. The third-order valence-corrected chi connectivity index (χ3v) is 5.89. The minimum absolute atomic E-state index is 0.370. The van der Waals surface area contributed by atoms with Crippen molar-refractivity contribution in [1.29, 1.82) is 5.26 Å². The van der Waals surface area contributed by atoms with Crippen molar-refractivity contribution in [3.8, 4) is 11.8 Å². The van der Waals surface area contributed by atoms with Crippen LogP contribution in [0.1, 0.15) is 48.6 Å². The van der Waals surface area contributed by atoms with Gasteiger partial charge in [0.1, 0.15) is 18.2 Å². The van der Waals surface area contributed by atoms with Crippen molar-refractivity contribution in [2.75, 3.05) is 0 Å². The number of nitrogens with zero attached hydrogens (tertiary/aromatic N) is 4. The van der Waals surface area contributed by atoms with Crippen LogP contribution in [0.15, 0.2) is 66.2 Å². The minimum Gasteiger partial charge on any atom is -0.487 e. The number of benzene rings is 2. The second-order valence-electron chi connectivity index (χ2n) is 8.05. The molecule has 4 aromatic rings. The highest BCUT2D eigenvalue weighted by atomic mass is 16.5. The van der Waals surface area contributed by atoms with Crippen molar-refractivity contribution >= 4 is 16.6 Å². The molecule has 0 atom stereocenters. The molecule has 0 saturated carbocycles. The molecule has 2 aromatic heterocycles. The van der Waals surface area contributed by atoms with E-state index in [9.17, 15) is 5.26 Å². The molecule has 0 bridgehead atoms. The van der Waals surface area contributed by atoms with Crippen LogP contribution in [0.2, 0.25) is 0 Å². The van der Waals surface area contributed by atoms with Gasteiger partial charge in [-0.2, -0.15) is 5.26 Å². The smallest absolute Gasteiger partial charge is 0.131 e. The summed E-state index contributed by atoms with van der Waals surface area (Å²) in [6.45, 7) is 5.04. The second kappa shape index (κ2) is 8.32. The molecule has 0 radical (unpaired) electrons. The van der Waals surface area contributed by atoms with E-state index in [4.69, 9.17) is 14.7 Å². The SMILES string of the molecule is CCCc1nc2ccccc2n1Cc1ccc2c(n1)COc1ccccc1C2=C(C)C#N. The molecule has 0 amide bonds. The van der Waals surface area contributed by atoms with Crippen LogP contribution in [-0.4, -0.2) is 14.5 Å². The Kier molecular flexibility index (Phi) is 5.20. The molecule has 0 fully saturated rings. The second-order valence-corrected chi connectivity index (χ2v) is 8.05. The van der Waals surface area contributed by atoms with Crippen LogP contribution in [0.4, 0.5) is 0 Å². The number of aromatic nitrogens is 3. The molecule has 158 valence electrons. The fourth-order valence-electron chi connectivity index (χ4n) is 4.40. The van der Waals surface area contributed by atoms with Crippen molar-refractivity contribution in [3.63, 3.8) is 0 Å². The van der Waals surface area contributed by atoms with Gasteiger partial charge in [0.25, 0.3) is 0 Å². The summed E-state index contributed by atoms with van der Waals surface area (Å²) >= 11 is 0. The highest BCUT2D eigenvalue weighted by Gasteiger charge is 2.22. The summed E-state index contributed by atoms with van der Waals surface area (Å²) in [4.78, 5) is 9.83. The quantitative estimate of drug-likeness (QED) is 0.399. The predicted octanol–water partition coefficient (Wildman–Crippen LogP) is 5.67. The topological polar surface area (TPSA) is 63.7 Å². The molecule has 5 heteroatoms. The number of pyridine rings is 1. The average Bonchev–Trinajstić information content (AvgIpc) is 3.07. The number of hydrogen-bond acceptors (Lipinski definition) is 4. The summed E-state index contributed by atoms with van der Waals surface area (Å²) in [6, 6.07) is 22.6. The van der Waals surface area contributed by atoms with Crippen LogP contribution in [-0.2, 0) is 19.6 Å². The Morgan fingerprint density at radius 1 is 1.03 bits per heavy atom. The van der Waals surface area contributed by atoms with Gasteiger partial charge in [-0.25, -0.2) is 4.98 Å². The molecule has 1 aliphatic rings. The molecule has 0 N–H and O–H groups in total. The van der Waals surface area contributed by atoms with Crippen molar-refractivity contribution in [3.05, 3.63) is 94.6 Å². The molecule has 1 aliphatic heterocycles. The van der Waals surface area contributed by atoms with Crippen molar-refractivity contribution in [2.24, 2.45) is 0 Å². The van der Waals surface area contributed by atoms with E-state index in [2.05, 4.69) is 41.8 Å². The van der Waals surface area contributed by atoms with E-state index < -0.39 is 0 Å². The molecule has 0 spiro atoms. The Morgan fingerprint density at radius 2 is 1.84 bits per heavy atom. The third kappa shape index (κ3) is 3.44. The van der Waals surface area contributed by atoms with E-state index in [1.54, 1.807) is 0 Å². The Bertz CT molecular complexity index is 1390. The Hall–Kier alpha value is -3.91. The van der Waals surface area contributed by atoms with Gasteiger partial charge in [0.15, 0.2) is 0 Å². The van der Waals surface area contributed by atoms with Gasteiger partial charge < -0.3 is 9.30 Å². The summed E-state index contributed by atoms with van der Waals surface area (Å²) < 4.78 is 8.36. The van der Waals surface area contributed by atoms with E-state index >= 15 is 0 Å². The molecular weight excluding hydrogens is 396 g/mol. The molecule has 0 aliphatic carbocycles. The molecule has 3 heterocycles. The van der Waals surface area contributed by atoms with Crippen LogP contribution in [0, 0.1) is 11.3 Å². The molecule has 5 nitrogen and oxygen atoms in total. The van der Waals surface area contributed by atoms with Crippen LogP contribution in [0.25, 0.3) is 16.6 Å². The summed E-state index contributed by atoms with van der Waals surface area (Å²) in [5, 5.41) is 9.66. The van der Waals surface area contributed by atoms with Crippen molar-refractivity contribution in [1.82, 2.24) is 14.5 Å². The molecule has 32 heavy (non-hydrogen) atoms. The lowest BCUT2D eigenvalue weighted by atomic mass is 9.93. The maximum atomic E-state index is 9.66. The van der Waals surface area contributed by atoms with Crippen molar-refractivity contribution < 1.29 is 4.74 Å². The first-order chi connectivity index (χ1) is 15.7. The van der Waals surface area contributed by atoms with Gasteiger partial charge in [-0.1, -0.05) is 43.3 Å². The lowest BCUT2D eigenvalue weighted by Crippen LogP contribution is -2.09. The maximum absolute atomic E-state index is 9.66. The molecule has 0 unspecified atom stereocenters. The van der Waals surface area contributed by atoms with Gasteiger partial charge in [-0.3, -0.25) is 4.98 Å². The summed E-state index contributed by atoms with van der Waals surface area (Å²) in [5.41, 5.74) is 7.39. The molecular formula is C27H24N4O. The van der Waals surface area contributed by atoms with E-state index in [0.717, 1.165) is 63.5 Å². The van der Waals surface area contributed by atoms with Crippen LogP contribution >= 0.6 is 0 Å². The van der Waals surface area contributed by atoms with Crippen LogP contribution < -0.4 is 4.74 Å². The van der Waals surface area contributed by atoms with Crippen LogP contribution in [0.3, 0.4) is 0 Å². The molecule has 0 saturated heterocycles. The number of nitriles is 1. The zero-order valence-electron chi connectivity index (χ0n) is 18.3. The minimum atomic E-state index is 0.370. The molecule has 2 aromatic carbocycles. The first-order valence-corrected chi connectivity index (χ1v) is 11.0. The largest absolute Gasteiger partial charge is 0.487 e. The third-order valence-electron chi connectivity index (χ3n) is 5.89. The maximum Gasteiger partial charge on any atom is 0.131 e. The monoisotopic (exact) mass is 420 g/mol. The lowest BCUT2D eigenvalue weighted by Gasteiger charge is -2.13. The summed E-state index contributed by atoms with van der Waals surface area (Å²) in [6.07, 6.45) is 1.96. The van der Waals surface area contributed by atoms with Gasteiger partial charge >= 0.3 is 0 Å². The number of allylic oxidation sites excluding steroid dienone is 1. The van der Waals surface area contributed by atoms with Crippen molar-refractivity contribution in [2.45, 2.75) is 39.8 Å². The zero-order valence-corrected chi connectivity index (χ0v) is 18.3. The first kappa shape index (κ1) is 20.0. The van der Waals surface area contributed by atoms with Crippen LogP contribution in [0.5, 0.6) is 5.75 Å². The van der Waals surface area contributed by atoms with E-state index in [1.165, 1.54) is 0 Å².